The van der Waals surface area contributed by atoms with E-state index in [0.29, 0.717) is 22.3 Å². The van der Waals surface area contributed by atoms with Crippen molar-refractivity contribution in [3.8, 4) is 5.75 Å². The van der Waals surface area contributed by atoms with Gasteiger partial charge in [-0.2, -0.15) is 0 Å². The van der Waals surface area contributed by atoms with E-state index in [9.17, 15) is 9.59 Å². The highest BCUT2D eigenvalue weighted by Gasteiger charge is 2.18. The molecule has 0 heterocycles. The molecule has 0 aliphatic carbocycles. The molecule has 0 N–H and O–H groups in total. The minimum absolute atomic E-state index is 0.0901. The summed E-state index contributed by atoms with van der Waals surface area (Å²) in [5, 5.41) is 0.827. The van der Waals surface area contributed by atoms with Gasteiger partial charge in [-0.3, -0.25) is 9.59 Å². The average molecular weight is 348 g/mol. The Bertz CT molecular complexity index is 522. The predicted molar refractivity (Wildman–Crippen MR) is 85.5 cm³/mol. The van der Waals surface area contributed by atoms with Gasteiger partial charge in [-0.15, -0.1) is 0 Å². The highest BCUT2D eigenvalue weighted by molar-refractivity contribution is 6.34. The molecule has 0 saturated heterocycles. The third kappa shape index (κ3) is 6.12. The monoisotopic (exact) mass is 347 g/mol. The molecule has 0 radical (unpaired) electrons. The third-order valence-corrected chi connectivity index (χ3v) is 3.26. The zero-order chi connectivity index (χ0) is 16.5. The van der Waals surface area contributed by atoms with E-state index in [1.165, 1.54) is 11.0 Å². The van der Waals surface area contributed by atoms with E-state index in [-0.39, 0.29) is 25.7 Å². The summed E-state index contributed by atoms with van der Waals surface area (Å²) in [4.78, 5) is 25.1. The van der Waals surface area contributed by atoms with Crippen molar-refractivity contribution in [1.29, 1.82) is 0 Å². The van der Waals surface area contributed by atoms with Gasteiger partial charge >= 0.3 is 5.97 Å². The molecule has 122 valence electrons. The smallest absolute Gasteiger partial charge is 0.325 e. The van der Waals surface area contributed by atoms with E-state index in [1.54, 1.807) is 19.1 Å². The van der Waals surface area contributed by atoms with Crippen LogP contribution in [0.5, 0.6) is 5.75 Å². The van der Waals surface area contributed by atoms with E-state index >= 15 is 0 Å². The van der Waals surface area contributed by atoms with Crippen LogP contribution in [0, 0.1) is 0 Å². The highest BCUT2D eigenvalue weighted by Crippen LogP contribution is 2.27. The molecule has 5 nitrogen and oxygen atoms in total. The summed E-state index contributed by atoms with van der Waals surface area (Å²) in [7, 11) is 0. The number of rotatable bonds is 8. The fraction of sp³-hybridized carbons (Fsp3) is 0.467. The summed E-state index contributed by atoms with van der Waals surface area (Å²) in [5.41, 5.74) is 0. The molecule has 0 saturated carbocycles. The first-order valence-corrected chi connectivity index (χ1v) is 7.74. The van der Waals surface area contributed by atoms with Crippen LogP contribution in [0.1, 0.15) is 20.3 Å². The van der Waals surface area contributed by atoms with Gasteiger partial charge in [-0.25, -0.2) is 0 Å². The molecule has 1 aromatic carbocycles. The number of ether oxygens (including phenoxy) is 2. The van der Waals surface area contributed by atoms with Gasteiger partial charge in [0.15, 0.2) is 6.61 Å². The fourth-order valence-electron chi connectivity index (χ4n) is 1.74. The molecule has 1 amide bonds. The second kappa shape index (κ2) is 9.54. The van der Waals surface area contributed by atoms with Gasteiger partial charge < -0.3 is 14.4 Å². The van der Waals surface area contributed by atoms with Crippen molar-refractivity contribution in [1.82, 2.24) is 4.90 Å². The van der Waals surface area contributed by atoms with Gasteiger partial charge in [0.25, 0.3) is 5.91 Å². The van der Waals surface area contributed by atoms with Crippen LogP contribution in [0.4, 0.5) is 0 Å². The molecule has 0 unspecified atom stereocenters. The molecule has 0 bridgehead atoms. The first-order valence-electron chi connectivity index (χ1n) is 6.99. The van der Waals surface area contributed by atoms with Gasteiger partial charge in [0, 0.05) is 17.6 Å². The molecular formula is C15H19Cl2NO4. The van der Waals surface area contributed by atoms with Crippen LogP contribution in [0.15, 0.2) is 18.2 Å². The normalized spacial score (nSPS) is 10.2. The standard InChI is InChI=1S/C15H19Cl2NO4/c1-3-7-18(9-15(20)21-4-2)14(19)10-22-13-8-11(16)5-6-12(13)17/h5-6,8H,3-4,7,9-10H2,1-2H3. The topological polar surface area (TPSA) is 55.8 Å². The Hall–Kier alpha value is -1.46. The lowest BCUT2D eigenvalue weighted by Crippen LogP contribution is -2.39. The van der Waals surface area contributed by atoms with E-state index in [1.807, 2.05) is 6.92 Å². The summed E-state index contributed by atoms with van der Waals surface area (Å²) in [5.74, 6) is -0.425. The predicted octanol–water partition coefficient (Wildman–Crippen LogP) is 3.17. The van der Waals surface area contributed by atoms with E-state index in [2.05, 4.69) is 0 Å². The van der Waals surface area contributed by atoms with E-state index in [0.717, 1.165) is 6.42 Å². The zero-order valence-electron chi connectivity index (χ0n) is 12.6. The molecular weight excluding hydrogens is 329 g/mol. The van der Waals surface area contributed by atoms with Crippen LogP contribution in [-0.4, -0.2) is 43.1 Å². The number of benzene rings is 1. The lowest BCUT2D eigenvalue weighted by molar-refractivity contribution is -0.149. The van der Waals surface area contributed by atoms with Crippen molar-refractivity contribution in [2.75, 3.05) is 26.3 Å². The maximum atomic E-state index is 12.2. The second-order valence-electron chi connectivity index (χ2n) is 4.48. The molecule has 22 heavy (non-hydrogen) atoms. The van der Waals surface area contributed by atoms with Crippen LogP contribution in [0.2, 0.25) is 10.0 Å². The summed E-state index contributed by atoms with van der Waals surface area (Å²) >= 11 is 11.8. The zero-order valence-corrected chi connectivity index (χ0v) is 14.1. The van der Waals surface area contributed by atoms with Gasteiger partial charge in [-0.1, -0.05) is 30.1 Å². The molecule has 7 heteroatoms. The number of carbonyl (C=O) groups is 2. The van der Waals surface area contributed by atoms with Crippen LogP contribution in [-0.2, 0) is 14.3 Å². The van der Waals surface area contributed by atoms with Crippen LogP contribution in [0.3, 0.4) is 0 Å². The summed E-state index contributed by atoms with van der Waals surface area (Å²) < 4.78 is 10.2. The number of esters is 1. The summed E-state index contributed by atoms with van der Waals surface area (Å²) in [6.45, 7) is 4.05. The second-order valence-corrected chi connectivity index (χ2v) is 5.33. The van der Waals surface area contributed by atoms with E-state index < -0.39 is 5.97 Å². The molecule has 1 rings (SSSR count). The Morgan fingerprint density at radius 3 is 2.59 bits per heavy atom. The van der Waals surface area contributed by atoms with Gasteiger partial charge in [0.05, 0.1) is 11.6 Å². The van der Waals surface area contributed by atoms with E-state index in [4.69, 9.17) is 32.7 Å². The Labute approximate surface area is 140 Å². The number of amides is 1. The largest absolute Gasteiger partial charge is 0.482 e. The number of hydrogen-bond donors (Lipinski definition) is 0. The Kier molecular flexibility index (Phi) is 8.06. The lowest BCUT2D eigenvalue weighted by atomic mass is 10.3. The molecule has 0 fully saturated rings. The first-order chi connectivity index (χ1) is 10.5. The van der Waals surface area contributed by atoms with Gasteiger partial charge in [0.2, 0.25) is 0 Å². The highest BCUT2D eigenvalue weighted by atomic mass is 35.5. The number of hydrogen-bond acceptors (Lipinski definition) is 4. The van der Waals surface area contributed by atoms with Gasteiger partial charge in [-0.05, 0) is 25.5 Å². The SMILES string of the molecule is CCCN(CC(=O)OCC)C(=O)COc1cc(Cl)ccc1Cl. The van der Waals surface area contributed by atoms with Crippen molar-refractivity contribution in [2.24, 2.45) is 0 Å². The number of nitrogens with zero attached hydrogens (tertiary/aromatic N) is 1. The van der Waals surface area contributed by atoms with Crippen molar-refractivity contribution < 1.29 is 19.1 Å². The van der Waals surface area contributed by atoms with Crippen LogP contribution < -0.4 is 4.74 Å². The quantitative estimate of drug-likeness (QED) is 0.677. The maximum absolute atomic E-state index is 12.2. The van der Waals surface area contributed by atoms with Crippen molar-refractivity contribution >= 4 is 35.1 Å². The van der Waals surface area contributed by atoms with Crippen molar-refractivity contribution in [3.63, 3.8) is 0 Å². The van der Waals surface area contributed by atoms with Crippen molar-refractivity contribution in [2.45, 2.75) is 20.3 Å². The minimum Gasteiger partial charge on any atom is -0.482 e. The molecule has 0 aliphatic heterocycles. The first kappa shape index (κ1) is 18.6. The fourth-order valence-corrected chi connectivity index (χ4v) is 2.08. The van der Waals surface area contributed by atoms with Gasteiger partial charge in [0.1, 0.15) is 12.3 Å². The maximum Gasteiger partial charge on any atom is 0.325 e. The Balaban J connectivity index is 2.62. The number of carbonyl (C=O) groups excluding carboxylic acids is 2. The van der Waals surface area contributed by atoms with Crippen molar-refractivity contribution in [3.05, 3.63) is 28.2 Å². The lowest BCUT2D eigenvalue weighted by Gasteiger charge is -2.21. The van der Waals surface area contributed by atoms with Crippen LogP contribution in [0.25, 0.3) is 0 Å². The molecule has 0 atom stereocenters. The Morgan fingerprint density at radius 1 is 1.23 bits per heavy atom. The summed E-state index contributed by atoms with van der Waals surface area (Å²) in [6.07, 6.45) is 0.725. The molecule has 0 aliphatic rings. The number of halogens is 2. The molecule has 0 aromatic heterocycles. The molecule has 1 aromatic rings. The summed E-state index contributed by atoms with van der Waals surface area (Å²) in [6, 6.07) is 4.75. The minimum atomic E-state index is -0.440. The third-order valence-electron chi connectivity index (χ3n) is 2.72. The Morgan fingerprint density at radius 2 is 1.95 bits per heavy atom. The molecule has 0 spiro atoms. The van der Waals surface area contributed by atoms with Crippen LogP contribution >= 0.6 is 23.2 Å². The average Bonchev–Trinajstić information content (AvgIpc) is 2.47.